The van der Waals surface area contributed by atoms with Crippen LogP contribution in [0.25, 0.3) is 10.9 Å². The topological polar surface area (TPSA) is 82.2 Å². The first-order chi connectivity index (χ1) is 9.60. The van der Waals surface area contributed by atoms with E-state index in [0.29, 0.717) is 18.7 Å². The lowest BCUT2D eigenvalue weighted by Gasteiger charge is -2.05. The second-order valence-corrected chi connectivity index (χ2v) is 4.96. The highest BCUT2D eigenvalue weighted by Gasteiger charge is 2.08. The molecule has 0 saturated heterocycles. The van der Waals surface area contributed by atoms with Gasteiger partial charge in [-0.1, -0.05) is 6.07 Å². The highest BCUT2D eigenvalue weighted by molar-refractivity contribution is 7.80. The zero-order valence-electron chi connectivity index (χ0n) is 10.8. The summed E-state index contributed by atoms with van der Waals surface area (Å²) in [5, 5.41) is 12.6. The normalized spacial score (nSPS) is 10.7. The Labute approximate surface area is 121 Å². The number of nitrogens with one attached hydrogen (secondary N) is 2. The van der Waals surface area contributed by atoms with Crippen molar-refractivity contribution in [2.24, 2.45) is 0 Å². The first-order valence-corrected chi connectivity index (χ1v) is 6.91. The fourth-order valence-corrected chi connectivity index (χ4v) is 2.24. The van der Waals surface area contributed by atoms with Crippen molar-refractivity contribution >= 4 is 35.4 Å². The van der Waals surface area contributed by atoms with Gasteiger partial charge >= 0.3 is 5.97 Å². The van der Waals surface area contributed by atoms with E-state index in [-0.39, 0.29) is 12.3 Å². The molecule has 1 heterocycles. The van der Waals surface area contributed by atoms with E-state index >= 15 is 0 Å². The summed E-state index contributed by atoms with van der Waals surface area (Å²) in [6.07, 6.45) is 2.08. The monoisotopic (exact) mass is 292 g/mol. The number of aromatic amines is 1. The molecule has 2 rings (SSSR count). The van der Waals surface area contributed by atoms with Crippen LogP contribution in [0.4, 0.5) is 0 Å². The third-order valence-electron chi connectivity index (χ3n) is 3.00. The maximum absolute atomic E-state index is 11.4. The van der Waals surface area contributed by atoms with Crippen molar-refractivity contribution in [2.75, 3.05) is 5.75 Å². The molecule has 6 heteroatoms. The molecular weight excluding hydrogens is 276 g/mol. The first kappa shape index (κ1) is 14.5. The number of benzene rings is 1. The molecule has 0 atom stereocenters. The van der Waals surface area contributed by atoms with Crippen molar-refractivity contribution in [2.45, 2.75) is 19.4 Å². The molecule has 2 aromatic rings. The van der Waals surface area contributed by atoms with Crippen LogP contribution >= 0.6 is 12.6 Å². The number of hydrogen-bond donors (Lipinski definition) is 4. The fraction of sp³-hybridized carbons (Fsp3) is 0.286. The summed E-state index contributed by atoms with van der Waals surface area (Å²) >= 11 is 4.00. The summed E-state index contributed by atoms with van der Waals surface area (Å²) in [5.74, 6) is -0.385. The Morgan fingerprint density at radius 2 is 2.15 bits per heavy atom. The largest absolute Gasteiger partial charge is 0.481 e. The van der Waals surface area contributed by atoms with E-state index in [9.17, 15) is 9.59 Å². The van der Waals surface area contributed by atoms with Gasteiger partial charge in [0.25, 0.3) is 0 Å². The van der Waals surface area contributed by atoms with E-state index in [1.807, 2.05) is 18.2 Å². The van der Waals surface area contributed by atoms with Gasteiger partial charge in [0.05, 0.1) is 6.42 Å². The van der Waals surface area contributed by atoms with Crippen molar-refractivity contribution in [1.29, 1.82) is 0 Å². The molecule has 20 heavy (non-hydrogen) atoms. The van der Waals surface area contributed by atoms with Crippen molar-refractivity contribution in [1.82, 2.24) is 10.3 Å². The average Bonchev–Trinajstić information content (AvgIpc) is 2.79. The van der Waals surface area contributed by atoms with Gasteiger partial charge in [0.15, 0.2) is 0 Å². The average molecular weight is 292 g/mol. The van der Waals surface area contributed by atoms with Gasteiger partial charge in [0, 0.05) is 30.1 Å². The maximum atomic E-state index is 11.4. The Bertz CT molecular complexity index is 636. The predicted molar refractivity (Wildman–Crippen MR) is 80.0 cm³/mol. The number of carbonyl (C=O) groups excluding carboxylic acids is 1. The van der Waals surface area contributed by atoms with Crippen LogP contribution in [0, 0.1) is 0 Å². The molecule has 1 aromatic carbocycles. The molecule has 0 unspecified atom stereocenters. The highest BCUT2D eigenvalue weighted by Crippen LogP contribution is 2.20. The maximum Gasteiger partial charge on any atom is 0.307 e. The number of aromatic nitrogens is 1. The molecule has 5 nitrogen and oxygen atoms in total. The minimum atomic E-state index is -0.863. The van der Waals surface area contributed by atoms with Gasteiger partial charge in [-0.25, -0.2) is 0 Å². The van der Waals surface area contributed by atoms with Gasteiger partial charge in [0.2, 0.25) is 5.91 Å². The molecule has 106 valence electrons. The summed E-state index contributed by atoms with van der Waals surface area (Å²) in [6.45, 7) is 0.431. The number of carbonyl (C=O) groups is 2. The van der Waals surface area contributed by atoms with Crippen LogP contribution in [0.5, 0.6) is 0 Å². The summed E-state index contributed by atoms with van der Waals surface area (Å²) in [7, 11) is 0. The number of carboxylic acid groups (broad SMARTS) is 1. The third-order valence-corrected chi connectivity index (χ3v) is 3.23. The molecule has 0 aliphatic carbocycles. The minimum absolute atomic E-state index is 0.0184. The number of aliphatic carboxylic acids is 1. The van der Waals surface area contributed by atoms with Crippen LogP contribution in [0.2, 0.25) is 0 Å². The van der Waals surface area contributed by atoms with E-state index in [4.69, 9.17) is 5.11 Å². The molecular formula is C14H16N2O3S. The quantitative estimate of drug-likeness (QED) is 0.612. The molecule has 3 N–H and O–H groups in total. The van der Waals surface area contributed by atoms with Gasteiger partial charge in [-0.3, -0.25) is 9.59 Å². The molecule has 1 aromatic heterocycles. The van der Waals surface area contributed by atoms with E-state index in [2.05, 4.69) is 22.9 Å². The Morgan fingerprint density at radius 1 is 1.35 bits per heavy atom. The van der Waals surface area contributed by atoms with E-state index in [1.54, 1.807) is 6.20 Å². The SMILES string of the molecule is O=C(O)Cc1c[nH]c2ccc(CNC(=O)CCS)cc12. The summed E-state index contributed by atoms with van der Waals surface area (Å²) < 4.78 is 0. The molecule has 0 spiro atoms. The summed E-state index contributed by atoms with van der Waals surface area (Å²) in [6, 6.07) is 5.70. The number of amides is 1. The third kappa shape index (κ3) is 3.54. The Morgan fingerprint density at radius 3 is 2.85 bits per heavy atom. The minimum Gasteiger partial charge on any atom is -0.481 e. The molecule has 0 saturated carbocycles. The van der Waals surface area contributed by atoms with Crippen molar-refractivity contribution in [3.05, 3.63) is 35.5 Å². The second kappa shape index (κ2) is 6.47. The smallest absolute Gasteiger partial charge is 0.307 e. The van der Waals surface area contributed by atoms with Gasteiger partial charge in [0.1, 0.15) is 0 Å². The first-order valence-electron chi connectivity index (χ1n) is 6.28. The van der Waals surface area contributed by atoms with Gasteiger partial charge < -0.3 is 15.4 Å². The molecule has 0 aliphatic heterocycles. The second-order valence-electron chi connectivity index (χ2n) is 4.51. The number of thiol groups is 1. The standard InChI is InChI=1S/C14H16N2O3S/c17-13(3-4-20)16-7-9-1-2-12-11(5-9)10(8-15-12)6-14(18)19/h1-2,5,8,15,20H,3-4,6-7H2,(H,16,17)(H,18,19). The van der Waals surface area contributed by atoms with E-state index < -0.39 is 5.97 Å². The van der Waals surface area contributed by atoms with Crippen molar-refractivity contribution in [3.8, 4) is 0 Å². The van der Waals surface area contributed by atoms with Crippen LogP contribution in [-0.4, -0.2) is 27.7 Å². The zero-order chi connectivity index (χ0) is 14.5. The highest BCUT2D eigenvalue weighted by atomic mass is 32.1. The molecule has 0 radical (unpaired) electrons. The van der Waals surface area contributed by atoms with E-state index in [0.717, 1.165) is 22.0 Å². The van der Waals surface area contributed by atoms with Crippen LogP contribution in [0.1, 0.15) is 17.5 Å². The number of rotatable bonds is 6. The molecule has 0 fully saturated rings. The molecule has 0 bridgehead atoms. The van der Waals surface area contributed by atoms with E-state index in [1.165, 1.54) is 0 Å². The van der Waals surface area contributed by atoms with Gasteiger partial charge in [-0.05, 0) is 29.0 Å². The lowest BCUT2D eigenvalue weighted by molar-refractivity contribution is -0.136. The molecule has 1 amide bonds. The predicted octanol–water partition coefficient (Wildman–Crippen LogP) is 1.73. The van der Waals surface area contributed by atoms with Crippen LogP contribution in [-0.2, 0) is 22.6 Å². The summed E-state index contributed by atoms with van der Waals surface area (Å²) in [4.78, 5) is 25.2. The van der Waals surface area contributed by atoms with Crippen molar-refractivity contribution < 1.29 is 14.7 Å². The Kier molecular flexibility index (Phi) is 4.68. The number of H-pyrrole nitrogens is 1. The Hall–Kier alpha value is -1.95. The number of fused-ring (bicyclic) bond motifs is 1. The number of hydrogen-bond acceptors (Lipinski definition) is 3. The van der Waals surface area contributed by atoms with Gasteiger partial charge in [-0.15, -0.1) is 0 Å². The zero-order valence-corrected chi connectivity index (χ0v) is 11.7. The Balaban J connectivity index is 2.15. The van der Waals surface area contributed by atoms with Crippen LogP contribution in [0.3, 0.4) is 0 Å². The van der Waals surface area contributed by atoms with Crippen LogP contribution in [0.15, 0.2) is 24.4 Å². The fourth-order valence-electron chi connectivity index (χ4n) is 2.04. The molecule has 0 aliphatic rings. The van der Waals surface area contributed by atoms with Crippen molar-refractivity contribution in [3.63, 3.8) is 0 Å². The summed E-state index contributed by atoms with van der Waals surface area (Å²) in [5.41, 5.74) is 2.58. The van der Waals surface area contributed by atoms with Gasteiger partial charge in [-0.2, -0.15) is 12.6 Å². The lowest BCUT2D eigenvalue weighted by atomic mass is 10.1. The number of carboxylic acids is 1. The lowest BCUT2D eigenvalue weighted by Crippen LogP contribution is -2.22. The van der Waals surface area contributed by atoms with Crippen LogP contribution < -0.4 is 5.32 Å².